The topological polar surface area (TPSA) is 56.7 Å². The van der Waals surface area contributed by atoms with E-state index in [9.17, 15) is 4.39 Å². The first-order valence-corrected chi connectivity index (χ1v) is 4.18. The molecule has 2 heterocycles. The minimum Gasteiger partial charge on any atom is -0.339 e. The van der Waals surface area contributed by atoms with Crippen LogP contribution in [0.5, 0.6) is 0 Å². The summed E-state index contributed by atoms with van der Waals surface area (Å²) in [6, 6.07) is 0. The number of aromatic nitrogens is 4. The number of nitrogens with zero attached hydrogens (tertiary/aromatic N) is 4. The smallest absolute Gasteiger partial charge is 0.223 e. The number of hydrogen-bond acceptors (Lipinski definition) is 4. The van der Waals surface area contributed by atoms with E-state index in [0.29, 0.717) is 11.7 Å². The Morgan fingerprint density at radius 1 is 1.57 bits per heavy atom. The van der Waals surface area contributed by atoms with Crippen molar-refractivity contribution in [3.8, 4) is 11.4 Å². The molecule has 5 nitrogen and oxygen atoms in total. The normalized spacial score (nSPS) is 10.7. The maximum absolute atomic E-state index is 12.0. The lowest BCUT2D eigenvalue weighted by Crippen LogP contribution is -1.98. The molecular formula is C8H9FN4O. The van der Waals surface area contributed by atoms with Crippen molar-refractivity contribution in [1.82, 2.24) is 19.9 Å². The molecule has 2 aromatic heterocycles. The molecule has 6 heteroatoms. The van der Waals surface area contributed by atoms with Crippen LogP contribution in [-0.4, -0.2) is 26.6 Å². The van der Waals surface area contributed by atoms with Gasteiger partial charge in [-0.25, -0.2) is 4.39 Å². The summed E-state index contributed by atoms with van der Waals surface area (Å²) in [5, 5.41) is 7.67. The second-order valence-corrected chi connectivity index (χ2v) is 2.82. The van der Waals surface area contributed by atoms with Crippen molar-refractivity contribution in [2.45, 2.75) is 13.5 Å². The third-order valence-corrected chi connectivity index (χ3v) is 1.73. The molecule has 0 fully saturated rings. The van der Waals surface area contributed by atoms with Crippen molar-refractivity contribution in [1.29, 1.82) is 0 Å². The highest BCUT2D eigenvalue weighted by atomic mass is 19.1. The van der Waals surface area contributed by atoms with Gasteiger partial charge in [0.1, 0.15) is 6.67 Å². The first kappa shape index (κ1) is 8.86. The second kappa shape index (κ2) is 3.57. The van der Waals surface area contributed by atoms with Crippen LogP contribution in [-0.2, 0) is 6.54 Å². The van der Waals surface area contributed by atoms with Crippen LogP contribution in [0.3, 0.4) is 0 Å². The Bertz CT molecular complexity index is 422. The molecular weight excluding hydrogens is 187 g/mol. The molecule has 2 rings (SSSR count). The quantitative estimate of drug-likeness (QED) is 0.740. The highest BCUT2D eigenvalue weighted by molar-refractivity contribution is 5.50. The van der Waals surface area contributed by atoms with E-state index in [-0.39, 0.29) is 6.54 Å². The molecule has 2 aromatic rings. The van der Waals surface area contributed by atoms with Crippen LogP contribution in [0, 0.1) is 6.92 Å². The molecule has 0 saturated heterocycles. The SMILES string of the molecule is Cc1nc(-c2cnn(CCF)c2)no1. The molecule has 74 valence electrons. The van der Waals surface area contributed by atoms with Crippen molar-refractivity contribution in [2.75, 3.05) is 6.67 Å². The zero-order valence-corrected chi connectivity index (χ0v) is 7.64. The van der Waals surface area contributed by atoms with E-state index >= 15 is 0 Å². The van der Waals surface area contributed by atoms with Crippen molar-refractivity contribution >= 4 is 0 Å². The van der Waals surface area contributed by atoms with Crippen molar-refractivity contribution < 1.29 is 8.91 Å². The fourth-order valence-corrected chi connectivity index (χ4v) is 1.10. The van der Waals surface area contributed by atoms with Crippen LogP contribution < -0.4 is 0 Å². The summed E-state index contributed by atoms with van der Waals surface area (Å²) in [7, 11) is 0. The Kier molecular flexibility index (Phi) is 2.26. The molecule has 14 heavy (non-hydrogen) atoms. The lowest BCUT2D eigenvalue weighted by molar-refractivity contribution is 0.394. The molecule has 0 aliphatic carbocycles. The number of aryl methyl sites for hydroxylation is 2. The Balaban J connectivity index is 2.24. The van der Waals surface area contributed by atoms with E-state index in [1.165, 1.54) is 4.68 Å². The predicted octanol–water partition coefficient (Wildman–Crippen LogP) is 1.21. The average Bonchev–Trinajstić information content (AvgIpc) is 2.74. The molecule has 0 aliphatic heterocycles. The van der Waals surface area contributed by atoms with E-state index in [1.54, 1.807) is 19.3 Å². The van der Waals surface area contributed by atoms with E-state index in [1.807, 2.05) is 0 Å². The zero-order chi connectivity index (χ0) is 9.97. The van der Waals surface area contributed by atoms with E-state index in [2.05, 4.69) is 15.2 Å². The monoisotopic (exact) mass is 196 g/mol. The van der Waals surface area contributed by atoms with Gasteiger partial charge in [-0.05, 0) is 0 Å². The van der Waals surface area contributed by atoms with Gasteiger partial charge < -0.3 is 4.52 Å². The van der Waals surface area contributed by atoms with Gasteiger partial charge in [-0.15, -0.1) is 0 Å². The van der Waals surface area contributed by atoms with Gasteiger partial charge in [-0.1, -0.05) is 5.16 Å². The first-order valence-electron chi connectivity index (χ1n) is 4.18. The summed E-state index contributed by atoms with van der Waals surface area (Å²) in [5.41, 5.74) is 0.732. The molecule has 0 unspecified atom stereocenters. The van der Waals surface area contributed by atoms with Gasteiger partial charge in [-0.3, -0.25) is 4.68 Å². The van der Waals surface area contributed by atoms with E-state index in [0.717, 1.165) is 5.56 Å². The number of hydrogen-bond donors (Lipinski definition) is 0. The van der Waals surface area contributed by atoms with E-state index < -0.39 is 6.67 Å². The minimum atomic E-state index is -0.438. The molecule has 0 N–H and O–H groups in total. The zero-order valence-electron chi connectivity index (χ0n) is 7.64. The molecule has 0 amide bonds. The van der Waals surface area contributed by atoms with Gasteiger partial charge in [0, 0.05) is 13.1 Å². The lowest BCUT2D eigenvalue weighted by Gasteiger charge is -1.92. The molecule has 0 aromatic carbocycles. The largest absolute Gasteiger partial charge is 0.339 e. The maximum atomic E-state index is 12.0. The second-order valence-electron chi connectivity index (χ2n) is 2.82. The van der Waals surface area contributed by atoms with Crippen molar-refractivity contribution in [3.63, 3.8) is 0 Å². The van der Waals surface area contributed by atoms with Crippen molar-refractivity contribution in [3.05, 3.63) is 18.3 Å². The number of alkyl halides is 1. The third kappa shape index (κ3) is 1.63. The summed E-state index contributed by atoms with van der Waals surface area (Å²) in [4.78, 5) is 4.03. The highest BCUT2D eigenvalue weighted by Gasteiger charge is 2.07. The van der Waals surface area contributed by atoms with Gasteiger partial charge in [0.15, 0.2) is 0 Å². The molecule has 0 bridgehead atoms. The van der Waals surface area contributed by atoms with Crippen LogP contribution in [0.4, 0.5) is 4.39 Å². The predicted molar refractivity (Wildman–Crippen MR) is 46.2 cm³/mol. The fourth-order valence-electron chi connectivity index (χ4n) is 1.10. The third-order valence-electron chi connectivity index (χ3n) is 1.73. The number of halogens is 1. The van der Waals surface area contributed by atoms with E-state index in [4.69, 9.17) is 4.52 Å². The Morgan fingerprint density at radius 2 is 2.43 bits per heavy atom. The summed E-state index contributed by atoms with van der Waals surface area (Å²) in [6.45, 7) is 1.52. The lowest BCUT2D eigenvalue weighted by atomic mass is 10.3. The van der Waals surface area contributed by atoms with Gasteiger partial charge >= 0.3 is 0 Å². The summed E-state index contributed by atoms with van der Waals surface area (Å²) in [5.74, 6) is 0.978. The van der Waals surface area contributed by atoms with Crippen LogP contribution >= 0.6 is 0 Å². The minimum absolute atomic E-state index is 0.247. The molecule has 0 aliphatic rings. The first-order chi connectivity index (χ1) is 6.79. The van der Waals surface area contributed by atoms with Gasteiger partial charge in [0.05, 0.1) is 18.3 Å². The Labute approximate surface area is 79.5 Å². The molecule has 0 spiro atoms. The van der Waals surface area contributed by atoms with Gasteiger partial charge in [-0.2, -0.15) is 10.1 Å². The average molecular weight is 196 g/mol. The summed E-state index contributed by atoms with van der Waals surface area (Å²) < 4.78 is 18.3. The van der Waals surface area contributed by atoms with Gasteiger partial charge in [0.2, 0.25) is 11.7 Å². The molecule has 0 atom stereocenters. The molecule has 0 saturated carbocycles. The van der Waals surface area contributed by atoms with Crippen LogP contribution in [0.25, 0.3) is 11.4 Å². The van der Waals surface area contributed by atoms with Crippen LogP contribution in [0.2, 0.25) is 0 Å². The highest BCUT2D eigenvalue weighted by Crippen LogP contribution is 2.13. The molecule has 0 radical (unpaired) electrons. The Morgan fingerprint density at radius 3 is 3.07 bits per heavy atom. The summed E-state index contributed by atoms with van der Waals surface area (Å²) >= 11 is 0. The van der Waals surface area contributed by atoms with Crippen molar-refractivity contribution in [2.24, 2.45) is 0 Å². The fraction of sp³-hybridized carbons (Fsp3) is 0.375. The Hall–Kier alpha value is -1.72. The van der Waals surface area contributed by atoms with Crippen LogP contribution in [0.15, 0.2) is 16.9 Å². The summed E-state index contributed by atoms with van der Waals surface area (Å²) in [6.07, 6.45) is 3.27. The standard InChI is InChI=1S/C8H9FN4O/c1-6-11-8(12-14-6)7-4-10-13(5-7)3-2-9/h4-5H,2-3H2,1H3. The number of rotatable bonds is 3. The van der Waals surface area contributed by atoms with Crippen LogP contribution in [0.1, 0.15) is 5.89 Å². The maximum Gasteiger partial charge on any atom is 0.223 e. The van der Waals surface area contributed by atoms with Gasteiger partial charge in [0.25, 0.3) is 0 Å².